The number of likely N-dealkylation sites (tertiary alicyclic amines) is 1. The minimum Gasteiger partial charge on any atom is -0.352 e. The lowest BCUT2D eigenvalue weighted by atomic mass is 9.96. The highest BCUT2D eigenvalue weighted by molar-refractivity contribution is 7.13. The summed E-state index contributed by atoms with van der Waals surface area (Å²) in [5.74, 6) is 0.214. The Balaban J connectivity index is 1.49. The second kappa shape index (κ2) is 7.62. The van der Waals surface area contributed by atoms with E-state index in [1.54, 1.807) is 18.3 Å². The third-order valence-electron chi connectivity index (χ3n) is 4.54. The van der Waals surface area contributed by atoms with Crippen LogP contribution in [0.15, 0.2) is 41.8 Å². The summed E-state index contributed by atoms with van der Waals surface area (Å²) in [6.07, 6.45) is 1.51. The number of nitrogens with zero attached hydrogens (tertiary/aromatic N) is 1. The van der Waals surface area contributed by atoms with Crippen LogP contribution in [0.3, 0.4) is 0 Å². The number of hydrogen-bond donors (Lipinski definition) is 1. The summed E-state index contributed by atoms with van der Waals surface area (Å²) >= 11 is 1.72. The zero-order valence-electron chi connectivity index (χ0n) is 13.8. The van der Waals surface area contributed by atoms with Gasteiger partial charge in [-0.1, -0.05) is 30.3 Å². The van der Waals surface area contributed by atoms with Crippen LogP contribution in [-0.2, 0) is 16.1 Å². The van der Waals surface area contributed by atoms with Crippen LogP contribution in [0, 0.1) is 5.92 Å². The predicted octanol–water partition coefficient (Wildman–Crippen LogP) is 3.29. The number of carbonyl (C=O) groups is 2. The summed E-state index contributed by atoms with van der Waals surface area (Å²) in [6, 6.07) is 12.5. The van der Waals surface area contributed by atoms with Gasteiger partial charge < -0.3 is 10.2 Å². The van der Waals surface area contributed by atoms with Gasteiger partial charge >= 0.3 is 0 Å². The first kappa shape index (κ1) is 16.7. The van der Waals surface area contributed by atoms with E-state index < -0.39 is 0 Å². The smallest absolute Gasteiger partial charge is 0.223 e. The summed E-state index contributed by atoms with van der Waals surface area (Å²) < 4.78 is 0. The molecule has 0 atom stereocenters. The van der Waals surface area contributed by atoms with Crippen LogP contribution in [0.5, 0.6) is 0 Å². The lowest BCUT2D eigenvalue weighted by Crippen LogP contribution is -2.42. The van der Waals surface area contributed by atoms with Crippen LogP contribution in [0.1, 0.15) is 25.3 Å². The fraction of sp³-hybridized carbons (Fsp3) is 0.368. The Morgan fingerprint density at radius 2 is 1.88 bits per heavy atom. The molecule has 1 fully saturated rings. The second-order valence-electron chi connectivity index (χ2n) is 6.17. The van der Waals surface area contributed by atoms with E-state index in [1.807, 2.05) is 11.0 Å². The topological polar surface area (TPSA) is 49.4 Å². The average molecular weight is 342 g/mol. The average Bonchev–Trinajstić information content (AvgIpc) is 3.15. The molecule has 3 rings (SSSR count). The van der Waals surface area contributed by atoms with E-state index in [-0.39, 0.29) is 17.7 Å². The van der Waals surface area contributed by atoms with Crippen molar-refractivity contribution in [1.29, 1.82) is 0 Å². The van der Waals surface area contributed by atoms with Crippen LogP contribution >= 0.6 is 11.3 Å². The van der Waals surface area contributed by atoms with Crippen molar-refractivity contribution in [3.05, 3.63) is 47.3 Å². The zero-order chi connectivity index (χ0) is 16.9. The summed E-state index contributed by atoms with van der Waals surface area (Å²) in [7, 11) is 0. The van der Waals surface area contributed by atoms with E-state index in [1.165, 1.54) is 10.4 Å². The van der Waals surface area contributed by atoms with Gasteiger partial charge in [-0.2, -0.15) is 0 Å². The molecule has 0 spiro atoms. The van der Waals surface area contributed by atoms with Gasteiger partial charge in [0.2, 0.25) is 11.8 Å². The van der Waals surface area contributed by atoms with Gasteiger partial charge in [0, 0.05) is 37.4 Å². The van der Waals surface area contributed by atoms with Gasteiger partial charge in [0.1, 0.15) is 0 Å². The monoisotopic (exact) mass is 342 g/mol. The number of thiophene rings is 1. The van der Waals surface area contributed by atoms with Gasteiger partial charge in [-0.15, -0.1) is 11.3 Å². The van der Waals surface area contributed by atoms with E-state index in [0.29, 0.717) is 19.6 Å². The number of piperidine rings is 1. The van der Waals surface area contributed by atoms with E-state index in [9.17, 15) is 9.59 Å². The SMILES string of the molecule is CC(=O)N1CCC(C(=O)NCc2ccc(-c3cccs3)cc2)CC1. The molecule has 1 aromatic heterocycles. The number of carbonyl (C=O) groups excluding carboxylic acids is 2. The van der Waals surface area contributed by atoms with E-state index in [0.717, 1.165) is 18.4 Å². The molecule has 1 aliphatic rings. The Morgan fingerprint density at radius 3 is 2.46 bits per heavy atom. The molecule has 0 bridgehead atoms. The van der Waals surface area contributed by atoms with Crippen LogP contribution in [0.2, 0.25) is 0 Å². The molecule has 2 aromatic rings. The Kier molecular flexibility index (Phi) is 5.30. The number of amides is 2. The van der Waals surface area contributed by atoms with Gasteiger partial charge in [-0.3, -0.25) is 9.59 Å². The van der Waals surface area contributed by atoms with Crippen molar-refractivity contribution in [1.82, 2.24) is 10.2 Å². The number of nitrogens with one attached hydrogen (secondary N) is 1. The maximum absolute atomic E-state index is 12.3. The minimum absolute atomic E-state index is 0.0194. The fourth-order valence-corrected chi connectivity index (χ4v) is 3.75. The number of hydrogen-bond acceptors (Lipinski definition) is 3. The summed E-state index contributed by atoms with van der Waals surface area (Å²) in [5.41, 5.74) is 2.31. The molecule has 1 N–H and O–H groups in total. The molecular formula is C19H22N2O2S. The third kappa shape index (κ3) is 4.03. The quantitative estimate of drug-likeness (QED) is 0.927. The maximum atomic E-state index is 12.3. The Morgan fingerprint density at radius 1 is 1.17 bits per heavy atom. The van der Waals surface area contributed by atoms with Gasteiger partial charge in [-0.05, 0) is 35.4 Å². The summed E-state index contributed by atoms with van der Waals surface area (Å²) in [4.78, 5) is 26.7. The van der Waals surface area contributed by atoms with Gasteiger partial charge in [0.25, 0.3) is 0 Å². The van der Waals surface area contributed by atoms with Crippen molar-refractivity contribution in [2.75, 3.05) is 13.1 Å². The summed E-state index contributed by atoms with van der Waals surface area (Å²) in [5, 5.41) is 5.10. The molecule has 2 amide bonds. The summed E-state index contributed by atoms with van der Waals surface area (Å²) in [6.45, 7) is 3.50. The lowest BCUT2D eigenvalue weighted by molar-refractivity contribution is -0.134. The Hall–Kier alpha value is -2.14. The lowest BCUT2D eigenvalue weighted by Gasteiger charge is -2.30. The van der Waals surface area contributed by atoms with Crippen molar-refractivity contribution < 1.29 is 9.59 Å². The molecule has 0 aliphatic carbocycles. The molecular weight excluding hydrogens is 320 g/mol. The van der Waals surface area contributed by atoms with Crippen molar-refractivity contribution in [3.8, 4) is 10.4 Å². The first-order valence-corrected chi connectivity index (χ1v) is 9.17. The standard InChI is InChI=1S/C19H22N2O2S/c1-14(22)21-10-8-17(9-11-21)19(23)20-13-15-4-6-16(7-5-15)18-3-2-12-24-18/h2-7,12,17H,8-11,13H2,1H3,(H,20,23). The Labute approximate surface area is 146 Å². The molecule has 2 heterocycles. The molecule has 0 radical (unpaired) electrons. The van der Waals surface area contributed by atoms with Crippen LogP contribution < -0.4 is 5.32 Å². The highest BCUT2D eigenvalue weighted by Gasteiger charge is 2.25. The van der Waals surface area contributed by atoms with Crippen LogP contribution in [-0.4, -0.2) is 29.8 Å². The molecule has 4 nitrogen and oxygen atoms in total. The third-order valence-corrected chi connectivity index (χ3v) is 5.46. The van der Waals surface area contributed by atoms with Gasteiger partial charge in [0.15, 0.2) is 0 Å². The maximum Gasteiger partial charge on any atom is 0.223 e. The van der Waals surface area contributed by atoms with E-state index in [2.05, 4.69) is 41.0 Å². The highest BCUT2D eigenvalue weighted by atomic mass is 32.1. The molecule has 1 saturated heterocycles. The van der Waals surface area contributed by atoms with Crippen LogP contribution in [0.25, 0.3) is 10.4 Å². The van der Waals surface area contributed by atoms with E-state index >= 15 is 0 Å². The molecule has 126 valence electrons. The number of benzene rings is 1. The fourth-order valence-electron chi connectivity index (χ4n) is 3.02. The zero-order valence-corrected chi connectivity index (χ0v) is 14.6. The molecule has 0 saturated carbocycles. The molecule has 24 heavy (non-hydrogen) atoms. The van der Waals surface area contributed by atoms with E-state index in [4.69, 9.17) is 0 Å². The largest absolute Gasteiger partial charge is 0.352 e. The van der Waals surface area contributed by atoms with Crippen molar-refractivity contribution in [3.63, 3.8) is 0 Å². The first-order valence-electron chi connectivity index (χ1n) is 8.29. The molecule has 5 heteroatoms. The highest BCUT2D eigenvalue weighted by Crippen LogP contribution is 2.24. The second-order valence-corrected chi connectivity index (χ2v) is 7.12. The predicted molar refractivity (Wildman–Crippen MR) is 96.6 cm³/mol. The molecule has 1 aromatic carbocycles. The van der Waals surface area contributed by atoms with Crippen molar-refractivity contribution in [2.24, 2.45) is 5.92 Å². The van der Waals surface area contributed by atoms with Crippen LogP contribution in [0.4, 0.5) is 0 Å². The molecule has 1 aliphatic heterocycles. The van der Waals surface area contributed by atoms with Crippen molar-refractivity contribution in [2.45, 2.75) is 26.3 Å². The first-order chi connectivity index (χ1) is 11.6. The van der Waals surface area contributed by atoms with Gasteiger partial charge in [0.05, 0.1) is 0 Å². The van der Waals surface area contributed by atoms with Gasteiger partial charge in [-0.25, -0.2) is 0 Å². The molecule has 0 unspecified atom stereocenters. The number of rotatable bonds is 4. The normalized spacial score (nSPS) is 15.3. The van der Waals surface area contributed by atoms with Crippen molar-refractivity contribution >= 4 is 23.2 Å². The minimum atomic E-state index is 0.0194. The Bertz CT molecular complexity index is 687.